The van der Waals surface area contributed by atoms with Crippen LogP contribution in [-0.4, -0.2) is 71.6 Å². The molecule has 168 valence electrons. The highest BCUT2D eigenvalue weighted by molar-refractivity contribution is 5.97. The van der Waals surface area contributed by atoms with E-state index in [9.17, 15) is 14.3 Å². The third-order valence-corrected chi connectivity index (χ3v) is 6.59. The van der Waals surface area contributed by atoms with Gasteiger partial charge in [0.2, 0.25) is 0 Å². The molecule has 0 spiro atoms. The summed E-state index contributed by atoms with van der Waals surface area (Å²) in [5.41, 5.74) is 1.37. The number of rotatable bonds is 4. The average molecular weight is 439 g/mol. The van der Waals surface area contributed by atoms with Gasteiger partial charge < -0.3 is 24.6 Å². The monoisotopic (exact) mass is 439 g/mol. The fourth-order valence-electron chi connectivity index (χ4n) is 4.78. The number of carbonyl (C=O) groups is 1. The molecule has 2 bridgehead atoms. The summed E-state index contributed by atoms with van der Waals surface area (Å²) in [6.07, 6.45) is 1.67. The Balaban J connectivity index is 1.41. The zero-order chi connectivity index (χ0) is 22.6. The third kappa shape index (κ3) is 3.46. The molecular formula is C23H26FN5O3. The first kappa shape index (κ1) is 20.7. The van der Waals surface area contributed by atoms with Gasteiger partial charge in [0.05, 0.1) is 11.7 Å². The van der Waals surface area contributed by atoms with Crippen LogP contribution in [0.2, 0.25) is 0 Å². The number of phenolic OH excluding ortho intramolecular Hbond substituents is 1. The van der Waals surface area contributed by atoms with E-state index in [0.717, 1.165) is 19.3 Å². The van der Waals surface area contributed by atoms with Gasteiger partial charge in [0, 0.05) is 44.2 Å². The van der Waals surface area contributed by atoms with Gasteiger partial charge in [0.25, 0.3) is 5.91 Å². The fourth-order valence-corrected chi connectivity index (χ4v) is 4.78. The van der Waals surface area contributed by atoms with Crippen molar-refractivity contribution in [2.24, 2.45) is 0 Å². The molecule has 2 aliphatic rings. The fraction of sp³-hybridized carbons (Fsp3) is 0.435. The summed E-state index contributed by atoms with van der Waals surface area (Å²) in [6.45, 7) is 0. The molecule has 1 aromatic carbocycles. The number of amides is 1. The molecule has 9 heteroatoms. The second-order valence-corrected chi connectivity index (χ2v) is 8.90. The first-order valence-corrected chi connectivity index (χ1v) is 10.8. The van der Waals surface area contributed by atoms with E-state index in [-0.39, 0.29) is 29.5 Å². The Bertz CT molecular complexity index is 1160. The van der Waals surface area contributed by atoms with Crippen molar-refractivity contribution in [2.75, 3.05) is 26.0 Å². The molecule has 0 radical (unpaired) electrons. The number of benzene rings is 1. The zero-order valence-corrected chi connectivity index (χ0v) is 18.2. The van der Waals surface area contributed by atoms with Crippen LogP contribution < -0.4 is 10.2 Å². The molecule has 0 aliphatic carbocycles. The maximum Gasteiger partial charge on any atom is 0.289 e. The van der Waals surface area contributed by atoms with Crippen LogP contribution in [0.3, 0.4) is 0 Å². The minimum Gasteiger partial charge on any atom is -0.507 e. The first-order valence-electron chi connectivity index (χ1n) is 10.8. The molecule has 2 aromatic heterocycles. The summed E-state index contributed by atoms with van der Waals surface area (Å²) in [6, 6.07) is 8.35. The van der Waals surface area contributed by atoms with Crippen molar-refractivity contribution < 1.29 is 18.7 Å². The van der Waals surface area contributed by atoms with Crippen molar-refractivity contribution in [2.45, 2.75) is 43.6 Å². The smallest absolute Gasteiger partial charge is 0.289 e. The van der Waals surface area contributed by atoms with Gasteiger partial charge >= 0.3 is 0 Å². The summed E-state index contributed by atoms with van der Waals surface area (Å²) in [4.78, 5) is 15.5. The molecule has 32 heavy (non-hydrogen) atoms. The normalized spacial score (nSPS) is 24.6. The molecule has 0 unspecified atom stereocenters. The van der Waals surface area contributed by atoms with Gasteiger partial charge in [-0.25, -0.2) is 4.39 Å². The minimum atomic E-state index is -0.954. The Morgan fingerprint density at radius 2 is 2.00 bits per heavy atom. The number of aromatic hydroxyl groups is 1. The molecular weight excluding hydrogens is 413 g/mol. The third-order valence-electron chi connectivity index (χ3n) is 6.59. The Morgan fingerprint density at radius 1 is 1.19 bits per heavy atom. The summed E-state index contributed by atoms with van der Waals surface area (Å²) in [5, 5.41) is 23.1. The lowest BCUT2D eigenvalue weighted by molar-refractivity contribution is 0.0799. The molecule has 4 heterocycles. The van der Waals surface area contributed by atoms with E-state index in [1.54, 1.807) is 44.4 Å². The van der Waals surface area contributed by atoms with Gasteiger partial charge in [0.1, 0.15) is 17.5 Å². The number of phenols is 1. The van der Waals surface area contributed by atoms with Crippen LogP contribution in [0.4, 0.5) is 10.2 Å². The SMILES string of the molecule is CN(C)C(=O)c1cc2cc(O)c(-c3ccc(N(C)[C@H]4C[C@@H]5CC[C@@H](N5)[C@H]4F)nn3)cc2o1. The minimum absolute atomic E-state index is 0.0105. The van der Waals surface area contributed by atoms with E-state index in [0.29, 0.717) is 34.1 Å². The van der Waals surface area contributed by atoms with Crippen LogP contribution in [0.15, 0.2) is 34.7 Å². The van der Waals surface area contributed by atoms with Gasteiger partial charge in [-0.05, 0) is 49.6 Å². The number of anilines is 1. The highest BCUT2D eigenvalue weighted by atomic mass is 19.1. The van der Waals surface area contributed by atoms with Crippen molar-refractivity contribution in [1.29, 1.82) is 0 Å². The van der Waals surface area contributed by atoms with Crippen LogP contribution in [0.1, 0.15) is 29.8 Å². The maximum atomic E-state index is 14.9. The number of furan rings is 1. The number of piperidine rings is 1. The van der Waals surface area contributed by atoms with Crippen molar-refractivity contribution in [3.8, 4) is 17.0 Å². The van der Waals surface area contributed by atoms with Gasteiger partial charge in [-0.1, -0.05) is 0 Å². The Labute approximate surface area is 185 Å². The number of aromatic nitrogens is 2. The molecule has 0 saturated carbocycles. The lowest BCUT2D eigenvalue weighted by Crippen LogP contribution is -2.55. The summed E-state index contributed by atoms with van der Waals surface area (Å²) < 4.78 is 20.6. The molecule has 2 N–H and O–H groups in total. The number of halogens is 1. The number of carbonyl (C=O) groups excluding carboxylic acids is 1. The highest BCUT2D eigenvalue weighted by Crippen LogP contribution is 2.36. The second kappa shape index (κ2) is 7.74. The van der Waals surface area contributed by atoms with Crippen molar-refractivity contribution in [1.82, 2.24) is 20.4 Å². The highest BCUT2D eigenvalue weighted by Gasteiger charge is 2.43. The van der Waals surface area contributed by atoms with Gasteiger partial charge in [-0.2, -0.15) is 0 Å². The van der Waals surface area contributed by atoms with E-state index in [2.05, 4.69) is 15.5 Å². The van der Waals surface area contributed by atoms with E-state index in [1.807, 2.05) is 11.9 Å². The molecule has 1 amide bonds. The number of nitrogens with zero attached hydrogens (tertiary/aromatic N) is 4. The van der Waals surface area contributed by atoms with E-state index in [4.69, 9.17) is 4.42 Å². The molecule has 2 saturated heterocycles. The van der Waals surface area contributed by atoms with Crippen LogP contribution in [0, 0.1) is 0 Å². The molecule has 2 fully saturated rings. The van der Waals surface area contributed by atoms with E-state index >= 15 is 0 Å². The first-order chi connectivity index (χ1) is 15.3. The Morgan fingerprint density at radius 3 is 2.72 bits per heavy atom. The molecule has 3 aromatic rings. The van der Waals surface area contributed by atoms with Crippen LogP contribution in [-0.2, 0) is 0 Å². The second-order valence-electron chi connectivity index (χ2n) is 8.90. The molecule has 5 rings (SSSR count). The molecule has 4 atom stereocenters. The van der Waals surface area contributed by atoms with Crippen molar-refractivity contribution >= 4 is 22.7 Å². The predicted molar refractivity (Wildman–Crippen MR) is 119 cm³/mol. The molecule has 8 nitrogen and oxygen atoms in total. The van der Waals surface area contributed by atoms with Gasteiger partial charge in [-0.3, -0.25) is 4.79 Å². The van der Waals surface area contributed by atoms with E-state index < -0.39 is 6.17 Å². The average Bonchev–Trinajstić information content (AvgIpc) is 3.39. The van der Waals surface area contributed by atoms with Gasteiger partial charge in [0.15, 0.2) is 11.6 Å². The van der Waals surface area contributed by atoms with Crippen molar-refractivity contribution in [3.63, 3.8) is 0 Å². The predicted octanol–water partition coefficient (Wildman–Crippen LogP) is 2.96. The summed E-state index contributed by atoms with van der Waals surface area (Å²) in [5.74, 6) is 0.532. The van der Waals surface area contributed by atoms with Crippen LogP contribution in [0.25, 0.3) is 22.2 Å². The quantitative estimate of drug-likeness (QED) is 0.645. The lowest BCUT2D eigenvalue weighted by atomic mass is 9.96. The lowest BCUT2D eigenvalue weighted by Gasteiger charge is -2.38. The number of hydrogen-bond donors (Lipinski definition) is 2. The Hall–Kier alpha value is -3.20. The number of fused-ring (bicyclic) bond motifs is 3. The number of alkyl halides is 1. The maximum absolute atomic E-state index is 14.9. The largest absolute Gasteiger partial charge is 0.507 e. The van der Waals surface area contributed by atoms with E-state index in [1.165, 1.54) is 4.90 Å². The summed E-state index contributed by atoms with van der Waals surface area (Å²) in [7, 11) is 5.14. The standard InChI is InChI=1S/C23H26FN5O3/c1-28(2)23(31)20-9-12-8-18(30)14(11-19(12)32-20)15-6-7-21(27-26-15)29(3)17-10-13-4-5-16(25-13)22(17)24/h6-9,11,13,16-17,22,25,30H,4-5,10H2,1-3H3/t13-,16+,17-,22+/m0/s1. The van der Waals surface area contributed by atoms with Crippen LogP contribution in [0.5, 0.6) is 5.75 Å². The van der Waals surface area contributed by atoms with Crippen molar-refractivity contribution in [3.05, 3.63) is 36.1 Å². The number of nitrogens with one attached hydrogen (secondary N) is 1. The molecule has 2 aliphatic heterocycles. The Kier molecular flexibility index (Phi) is 5.00. The number of hydrogen-bond acceptors (Lipinski definition) is 7. The topological polar surface area (TPSA) is 94.7 Å². The van der Waals surface area contributed by atoms with Gasteiger partial charge in [-0.15, -0.1) is 10.2 Å². The van der Waals surface area contributed by atoms with Crippen LogP contribution >= 0.6 is 0 Å². The summed E-state index contributed by atoms with van der Waals surface area (Å²) >= 11 is 0. The zero-order valence-electron chi connectivity index (χ0n) is 18.2.